The van der Waals surface area contributed by atoms with Gasteiger partial charge < -0.3 is 15.3 Å². The Kier molecular flexibility index (Phi) is 3.14. The Morgan fingerprint density at radius 2 is 1.94 bits per heavy atom. The maximum absolute atomic E-state index is 12.1. The van der Waals surface area contributed by atoms with Crippen LogP contribution in [0.1, 0.15) is 5.56 Å². The van der Waals surface area contributed by atoms with E-state index < -0.39 is 30.6 Å². The van der Waals surface area contributed by atoms with E-state index in [0.717, 1.165) is 0 Å². The molecule has 1 aliphatic rings. The molecule has 1 heterocycles. The van der Waals surface area contributed by atoms with Crippen LogP contribution in [0.5, 0.6) is 0 Å². The fourth-order valence-electron chi connectivity index (χ4n) is 2.08. The summed E-state index contributed by atoms with van der Waals surface area (Å²) in [5, 5.41) is 27.9. The number of nitrogens with zero attached hydrogens (tertiary/aromatic N) is 1. The minimum absolute atomic E-state index is 0.157. The highest BCUT2D eigenvalue weighted by Crippen LogP contribution is 2.42. The average Bonchev–Trinajstić information content (AvgIpc) is 2.57. The van der Waals surface area contributed by atoms with Gasteiger partial charge in [-0.25, -0.2) is 9.69 Å². The summed E-state index contributed by atoms with van der Waals surface area (Å²) >= 11 is 3.19. The SMILES string of the molecule is O=C(O)N1C(=O)C(CO)(CO)c2ccc(Br)cc21. The monoisotopic (exact) mass is 315 g/mol. The third-order valence-corrected chi connectivity index (χ3v) is 3.55. The molecule has 0 saturated carbocycles. The van der Waals surface area contributed by atoms with E-state index in [-0.39, 0.29) is 5.69 Å². The summed E-state index contributed by atoms with van der Waals surface area (Å²) in [6.45, 7) is -1.30. The van der Waals surface area contributed by atoms with Crippen LogP contribution in [-0.2, 0) is 10.2 Å². The molecule has 2 rings (SSSR count). The second-order valence-electron chi connectivity index (χ2n) is 3.98. The lowest BCUT2D eigenvalue weighted by Crippen LogP contribution is -2.47. The number of anilines is 1. The minimum Gasteiger partial charge on any atom is -0.464 e. The fraction of sp³-hybridized carbons (Fsp3) is 0.273. The smallest absolute Gasteiger partial charge is 0.418 e. The van der Waals surface area contributed by atoms with Gasteiger partial charge in [-0.05, 0) is 17.7 Å². The molecule has 1 aromatic carbocycles. The second-order valence-corrected chi connectivity index (χ2v) is 4.90. The van der Waals surface area contributed by atoms with E-state index in [1.165, 1.54) is 12.1 Å². The number of imide groups is 1. The summed E-state index contributed by atoms with van der Waals surface area (Å²) in [6.07, 6.45) is -1.44. The van der Waals surface area contributed by atoms with E-state index in [9.17, 15) is 19.8 Å². The highest BCUT2D eigenvalue weighted by Gasteiger charge is 2.52. The van der Waals surface area contributed by atoms with Crippen LogP contribution in [0, 0.1) is 0 Å². The van der Waals surface area contributed by atoms with E-state index in [1.807, 2.05) is 0 Å². The van der Waals surface area contributed by atoms with Crippen molar-refractivity contribution in [3.63, 3.8) is 0 Å². The zero-order valence-corrected chi connectivity index (χ0v) is 10.7. The highest BCUT2D eigenvalue weighted by molar-refractivity contribution is 9.10. The molecule has 0 radical (unpaired) electrons. The second kappa shape index (κ2) is 4.34. The Morgan fingerprint density at radius 3 is 2.44 bits per heavy atom. The summed E-state index contributed by atoms with van der Waals surface area (Å²) in [7, 11) is 0. The van der Waals surface area contributed by atoms with Crippen LogP contribution in [0.15, 0.2) is 22.7 Å². The highest BCUT2D eigenvalue weighted by atomic mass is 79.9. The number of carbonyl (C=O) groups excluding carboxylic acids is 1. The van der Waals surface area contributed by atoms with Gasteiger partial charge in [0.05, 0.1) is 18.9 Å². The van der Waals surface area contributed by atoms with Crippen LogP contribution in [0.25, 0.3) is 0 Å². The van der Waals surface area contributed by atoms with Crippen LogP contribution in [0.3, 0.4) is 0 Å². The number of hydrogen-bond acceptors (Lipinski definition) is 4. The first-order chi connectivity index (χ1) is 8.47. The van der Waals surface area contributed by atoms with Crippen LogP contribution >= 0.6 is 15.9 Å². The standard InChI is InChI=1S/C11H10BrNO5/c12-6-1-2-7-8(3-6)13(10(17)18)9(16)11(7,4-14)5-15/h1-3,14-15H,4-5H2,(H,17,18). The normalized spacial score (nSPS) is 16.8. The van der Waals surface area contributed by atoms with E-state index in [2.05, 4.69) is 15.9 Å². The van der Waals surface area contributed by atoms with Crippen LogP contribution in [-0.4, -0.2) is 40.5 Å². The lowest BCUT2D eigenvalue weighted by molar-refractivity contribution is -0.125. The summed E-state index contributed by atoms with van der Waals surface area (Å²) in [5.74, 6) is -0.840. The summed E-state index contributed by atoms with van der Waals surface area (Å²) in [6, 6.07) is 4.61. The molecule has 0 unspecified atom stereocenters. The number of halogens is 1. The van der Waals surface area contributed by atoms with Crippen molar-refractivity contribution in [3.05, 3.63) is 28.2 Å². The molecule has 96 valence electrons. The zero-order valence-electron chi connectivity index (χ0n) is 9.13. The molecule has 2 amide bonds. The molecule has 0 bridgehead atoms. The summed E-state index contributed by atoms with van der Waals surface area (Å²) < 4.78 is 0.604. The average molecular weight is 316 g/mol. The Morgan fingerprint density at radius 1 is 1.33 bits per heavy atom. The minimum atomic E-state index is -1.59. The Bertz CT molecular complexity index is 526. The lowest BCUT2D eigenvalue weighted by atomic mass is 9.83. The molecule has 0 atom stereocenters. The van der Waals surface area contributed by atoms with E-state index in [4.69, 9.17) is 5.11 Å². The number of amides is 2. The van der Waals surface area contributed by atoms with Gasteiger partial charge in [-0.1, -0.05) is 22.0 Å². The van der Waals surface area contributed by atoms with E-state index in [1.54, 1.807) is 6.07 Å². The first-order valence-corrected chi connectivity index (χ1v) is 5.86. The largest absolute Gasteiger partial charge is 0.464 e. The summed E-state index contributed by atoms with van der Waals surface area (Å²) in [4.78, 5) is 23.8. The third-order valence-electron chi connectivity index (χ3n) is 3.06. The number of fused-ring (bicyclic) bond motifs is 1. The first-order valence-electron chi connectivity index (χ1n) is 5.07. The number of hydrogen-bond donors (Lipinski definition) is 3. The van der Waals surface area contributed by atoms with Crippen molar-refractivity contribution in [2.75, 3.05) is 18.1 Å². The van der Waals surface area contributed by atoms with Crippen LogP contribution in [0.2, 0.25) is 0 Å². The maximum atomic E-state index is 12.1. The van der Waals surface area contributed by atoms with Gasteiger partial charge in [-0.3, -0.25) is 4.79 Å². The van der Waals surface area contributed by atoms with Gasteiger partial charge in [-0.2, -0.15) is 0 Å². The number of carbonyl (C=O) groups is 2. The van der Waals surface area contributed by atoms with Gasteiger partial charge in [0.1, 0.15) is 5.41 Å². The topological polar surface area (TPSA) is 98.1 Å². The fourth-order valence-corrected chi connectivity index (χ4v) is 2.43. The van der Waals surface area contributed by atoms with Crippen molar-refractivity contribution in [2.45, 2.75) is 5.41 Å². The lowest BCUT2D eigenvalue weighted by Gasteiger charge is -2.22. The summed E-state index contributed by atoms with van der Waals surface area (Å²) in [5.41, 5.74) is -1.12. The third kappa shape index (κ3) is 1.55. The van der Waals surface area contributed by atoms with Crippen molar-refractivity contribution in [3.8, 4) is 0 Å². The maximum Gasteiger partial charge on any atom is 0.418 e. The first kappa shape index (κ1) is 13.0. The molecular weight excluding hydrogens is 306 g/mol. The van der Waals surface area contributed by atoms with Gasteiger partial charge in [0, 0.05) is 4.47 Å². The Balaban J connectivity index is 2.72. The molecular formula is C11H10BrNO5. The van der Waals surface area contributed by atoms with Crippen molar-refractivity contribution in [2.24, 2.45) is 0 Å². The zero-order chi connectivity index (χ0) is 13.5. The number of aliphatic hydroxyl groups is 2. The quantitative estimate of drug-likeness (QED) is 0.746. The van der Waals surface area contributed by atoms with Crippen LogP contribution < -0.4 is 4.90 Å². The number of aliphatic hydroxyl groups excluding tert-OH is 2. The van der Waals surface area contributed by atoms with Crippen LogP contribution in [0.4, 0.5) is 10.5 Å². The van der Waals surface area contributed by atoms with Crippen molar-refractivity contribution < 1.29 is 24.9 Å². The van der Waals surface area contributed by atoms with Gasteiger partial charge in [0.15, 0.2) is 0 Å². The number of rotatable bonds is 2. The van der Waals surface area contributed by atoms with Crippen molar-refractivity contribution >= 4 is 33.6 Å². The van der Waals surface area contributed by atoms with Gasteiger partial charge in [0.25, 0.3) is 5.91 Å². The van der Waals surface area contributed by atoms with Gasteiger partial charge >= 0.3 is 6.09 Å². The van der Waals surface area contributed by atoms with E-state index >= 15 is 0 Å². The van der Waals surface area contributed by atoms with Crippen molar-refractivity contribution in [1.82, 2.24) is 0 Å². The Hall–Kier alpha value is -1.44. The molecule has 0 saturated heterocycles. The molecule has 1 aliphatic heterocycles. The molecule has 1 aromatic rings. The molecule has 6 nitrogen and oxygen atoms in total. The Labute approximate surface area is 111 Å². The number of benzene rings is 1. The predicted molar refractivity (Wildman–Crippen MR) is 65.5 cm³/mol. The van der Waals surface area contributed by atoms with Gasteiger partial charge in [0.2, 0.25) is 0 Å². The van der Waals surface area contributed by atoms with Crippen molar-refractivity contribution in [1.29, 1.82) is 0 Å². The molecule has 0 spiro atoms. The molecule has 0 aliphatic carbocycles. The molecule has 0 fully saturated rings. The van der Waals surface area contributed by atoms with E-state index in [0.29, 0.717) is 14.9 Å². The molecule has 18 heavy (non-hydrogen) atoms. The molecule has 0 aromatic heterocycles. The predicted octanol–water partition coefficient (Wildman–Crippen LogP) is 0.696. The molecule has 7 heteroatoms. The molecule has 3 N–H and O–H groups in total. The number of carboxylic acid groups (broad SMARTS) is 1. The van der Waals surface area contributed by atoms with Gasteiger partial charge in [-0.15, -0.1) is 0 Å².